The van der Waals surface area contributed by atoms with E-state index >= 15 is 0 Å². The number of likely N-dealkylation sites (tertiary alicyclic amines) is 1. The van der Waals surface area contributed by atoms with Gasteiger partial charge in [0.15, 0.2) is 16.1 Å². The zero-order valence-corrected chi connectivity index (χ0v) is 27.4. The number of carbonyl (C=O) groups is 1. The molecule has 242 valence electrons. The molecule has 1 aromatic heterocycles. The number of β-amino-alcohol motifs (C(OH)–C–C–N with tert-alkyl or cyclic N) is 1. The van der Waals surface area contributed by atoms with Crippen LogP contribution in [0.5, 0.6) is 17.2 Å². The van der Waals surface area contributed by atoms with Crippen LogP contribution in [0.1, 0.15) is 39.9 Å². The normalized spacial score (nSPS) is 15.1. The number of hydrogen-bond donors (Lipinski definition) is 1. The number of hydrogen-bond acceptors (Lipinski definition) is 9. The van der Waals surface area contributed by atoms with Gasteiger partial charge in [-0.25, -0.2) is 8.42 Å². The van der Waals surface area contributed by atoms with Gasteiger partial charge in [-0.05, 0) is 66.3 Å². The molecular formula is C35H37ClN2O7S. The summed E-state index contributed by atoms with van der Waals surface area (Å²) in [7, 11) is -3.43. The molecule has 1 saturated heterocycles. The Morgan fingerprint density at radius 1 is 1.02 bits per heavy atom. The third-order valence-electron chi connectivity index (χ3n) is 7.89. The van der Waals surface area contributed by atoms with E-state index in [9.17, 15) is 18.3 Å². The molecule has 1 aliphatic heterocycles. The fraction of sp³-hybridized carbons (Fsp3) is 0.314. The topological polar surface area (TPSA) is 115 Å². The van der Waals surface area contributed by atoms with Gasteiger partial charge in [0.25, 0.3) is 0 Å². The SMILES string of the molecule is Cc1c(COc2cc(OCc3cncc(S(C)(=O)=O)c3)c(C=O)cc2Cl)cccc1-c1cccc(OCCCN2CC[C@@H](O)C2)c1. The van der Waals surface area contributed by atoms with E-state index in [0.29, 0.717) is 24.2 Å². The minimum absolute atomic E-state index is 0.00914. The summed E-state index contributed by atoms with van der Waals surface area (Å²) in [6.45, 7) is 5.43. The third-order valence-corrected chi connectivity index (χ3v) is 9.27. The van der Waals surface area contributed by atoms with E-state index in [2.05, 4.69) is 16.0 Å². The number of benzene rings is 3. The van der Waals surface area contributed by atoms with Gasteiger partial charge >= 0.3 is 0 Å². The molecule has 1 atom stereocenters. The van der Waals surface area contributed by atoms with Gasteiger partial charge in [-0.2, -0.15) is 0 Å². The van der Waals surface area contributed by atoms with Gasteiger partial charge in [-0.1, -0.05) is 41.9 Å². The second-order valence-electron chi connectivity index (χ2n) is 11.4. The van der Waals surface area contributed by atoms with Crippen molar-refractivity contribution in [1.82, 2.24) is 9.88 Å². The molecule has 9 nitrogen and oxygen atoms in total. The van der Waals surface area contributed by atoms with Crippen molar-refractivity contribution in [3.05, 3.63) is 100 Å². The maximum Gasteiger partial charge on any atom is 0.177 e. The zero-order chi connectivity index (χ0) is 32.7. The molecule has 0 amide bonds. The van der Waals surface area contributed by atoms with Crippen LogP contribution in [0.15, 0.2) is 78.0 Å². The first-order valence-electron chi connectivity index (χ1n) is 15.0. The summed E-state index contributed by atoms with van der Waals surface area (Å²) in [4.78, 5) is 18.1. The average Bonchev–Trinajstić information content (AvgIpc) is 3.46. The molecule has 11 heteroatoms. The predicted octanol–water partition coefficient (Wildman–Crippen LogP) is 5.92. The van der Waals surface area contributed by atoms with Gasteiger partial charge in [0.1, 0.15) is 30.5 Å². The molecule has 1 aliphatic rings. The average molecular weight is 665 g/mol. The highest BCUT2D eigenvalue weighted by molar-refractivity contribution is 7.90. The van der Waals surface area contributed by atoms with Crippen LogP contribution >= 0.6 is 11.6 Å². The number of sulfone groups is 1. The summed E-state index contributed by atoms with van der Waals surface area (Å²) >= 11 is 6.47. The van der Waals surface area contributed by atoms with Crippen LogP contribution in [-0.2, 0) is 23.1 Å². The third kappa shape index (κ3) is 8.64. The van der Waals surface area contributed by atoms with Gasteiger partial charge in [-0.3, -0.25) is 9.78 Å². The number of ether oxygens (including phenoxy) is 3. The summed E-state index contributed by atoms with van der Waals surface area (Å²) in [5.41, 5.74) is 4.84. The number of aromatic nitrogens is 1. The van der Waals surface area contributed by atoms with E-state index in [1.54, 1.807) is 6.07 Å². The van der Waals surface area contributed by atoms with Gasteiger partial charge in [-0.15, -0.1) is 0 Å². The van der Waals surface area contributed by atoms with Crippen molar-refractivity contribution in [3.8, 4) is 28.4 Å². The molecule has 0 aliphatic carbocycles. The van der Waals surface area contributed by atoms with E-state index in [-0.39, 0.29) is 40.5 Å². The lowest BCUT2D eigenvalue weighted by Gasteiger charge is -2.16. The first-order valence-corrected chi connectivity index (χ1v) is 17.3. The number of pyridine rings is 1. The highest BCUT2D eigenvalue weighted by atomic mass is 35.5. The number of aliphatic hydroxyl groups excluding tert-OH is 1. The minimum Gasteiger partial charge on any atom is -0.494 e. The highest BCUT2D eigenvalue weighted by Crippen LogP contribution is 2.34. The monoisotopic (exact) mass is 664 g/mol. The lowest BCUT2D eigenvalue weighted by atomic mass is 9.96. The number of aldehydes is 1. The number of nitrogens with zero attached hydrogens (tertiary/aromatic N) is 2. The summed E-state index contributed by atoms with van der Waals surface area (Å²) < 4.78 is 41.8. The Labute approximate surface area is 274 Å². The number of rotatable bonds is 14. The van der Waals surface area contributed by atoms with Crippen LogP contribution in [0, 0.1) is 6.92 Å². The molecule has 3 aromatic carbocycles. The Morgan fingerprint density at radius 2 is 1.83 bits per heavy atom. The fourth-order valence-corrected chi connectivity index (χ4v) is 6.18. The quantitative estimate of drug-likeness (QED) is 0.130. The molecule has 4 aromatic rings. The minimum atomic E-state index is -3.43. The van der Waals surface area contributed by atoms with E-state index in [1.165, 1.54) is 24.5 Å². The number of aliphatic hydroxyl groups is 1. The Hall–Kier alpha value is -3.96. The van der Waals surface area contributed by atoms with Crippen molar-refractivity contribution in [1.29, 1.82) is 0 Å². The Kier molecular flexibility index (Phi) is 11.0. The van der Waals surface area contributed by atoms with Crippen LogP contribution in [0.3, 0.4) is 0 Å². The molecule has 0 saturated carbocycles. The van der Waals surface area contributed by atoms with Crippen LogP contribution in [0.4, 0.5) is 0 Å². The van der Waals surface area contributed by atoms with Crippen molar-refractivity contribution in [2.75, 3.05) is 32.5 Å². The maximum absolute atomic E-state index is 11.9. The first-order chi connectivity index (χ1) is 22.1. The van der Waals surface area contributed by atoms with E-state index in [4.69, 9.17) is 25.8 Å². The fourth-order valence-electron chi connectivity index (χ4n) is 5.34. The van der Waals surface area contributed by atoms with Crippen LogP contribution in [0.25, 0.3) is 11.1 Å². The van der Waals surface area contributed by atoms with E-state index < -0.39 is 9.84 Å². The second kappa shape index (κ2) is 15.1. The molecule has 0 unspecified atom stereocenters. The smallest absolute Gasteiger partial charge is 0.177 e. The van der Waals surface area contributed by atoms with Crippen molar-refractivity contribution in [3.63, 3.8) is 0 Å². The van der Waals surface area contributed by atoms with Crippen molar-refractivity contribution in [2.45, 2.75) is 44.0 Å². The van der Waals surface area contributed by atoms with Gasteiger partial charge < -0.3 is 24.2 Å². The predicted molar refractivity (Wildman–Crippen MR) is 177 cm³/mol. The first kappa shape index (κ1) is 33.4. The van der Waals surface area contributed by atoms with Crippen molar-refractivity contribution in [2.24, 2.45) is 0 Å². The van der Waals surface area contributed by atoms with Gasteiger partial charge in [0, 0.05) is 49.9 Å². The molecule has 1 fully saturated rings. The van der Waals surface area contributed by atoms with Crippen LogP contribution in [-0.4, -0.2) is 68.3 Å². The largest absolute Gasteiger partial charge is 0.494 e. The zero-order valence-electron chi connectivity index (χ0n) is 25.8. The Morgan fingerprint density at radius 3 is 2.59 bits per heavy atom. The summed E-state index contributed by atoms with van der Waals surface area (Å²) in [6, 6.07) is 18.6. The molecule has 2 heterocycles. The lowest BCUT2D eigenvalue weighted by Crippen LogP contribution is -2.24. The molecule has 0 bridgehead atoms. The molecule has 1 N–H and O–H groups in total. The van der Waals surface area contributed by atoms with Gasteiger partial charge in [0.05, 0.1) is 28.2 Å². The number of halogens is 1. The summed E-state index contributed by atoms with van der Waals surface area (Å²) in [6.07, 6.45) is 6.04. The molecule has 46 heavy (non-hydrogen) atoms. The lowest BCUT2D eigenvalue weighted by molar-refractivity contribution is 0.111. The van der Waals surface area contributed by atoms with E-state index in [1.807, 2.05) is 43.3 Å². The molecule has 0 radical (unpaired) electrons. The van der Waals surface area contributed by atoms with Crippen LogP contribution < -0.4 is 14.2 Å². The van der Waals surface area contributed by atoms with Crippen molar-refractivity contribution < 1.29 is 32.5 Å². The summed E-state index contributed by atoms with van der Waals surface area (Å²) in [5, 5.41) is 9.97. The van der Waals surface area contributed by atoms with Gasteiger partial charge in [0.2, 0.25) is 0 Å². The second-order valence-corrected chi connectivity index (χ2v) is 13.8. The molecular weight excluding hydrogens is 628 g/mol. The maximum atomic E-state index is 11.9. The Balaban J connectivity index is 1.24. The Bertz CT molecular complexity index is 1800. The number of carbonyl (C=O) groups excluding carboxylic acids is 1. The standard InChI is InChI=1S/C35H37ClN2O7S/c1-24-27(7-4-9-32(24)26-6-3-8-30(15-26)43-13-5-11-38-12-10-29(40)20-38)23-45-35-17-34(28(21-39)16-33(35)36)44-22-25-14-31(19-37-18-25)46(2,41)42/h3-4,6-9,14-19,21,29,40H,5,10-13,20,22-23H2,1-2H3/t29-/m1/s1. The van der Waals surface area contributed by atoms with Crippen LogP contribution in [0.2, 0.25) is 5.02 Å². The molecule has 0 spiro atoms. The van der Waals surface area contributed by atoms with E-state index in [0.717, 1.165) is 66.7 Å². The highest BCUT2D eigenvalue weighted by Gasteiger charge is 2.19. The molecule has 5 rings (SSSR count). The summed E-state index contributed by atoms with van der Waals surface area (Å²) in [5.74, 6) is 1.39. The van der Waals surface area contributed by atoms with Crippen molar-refractivity contribution >= 4 is 27.7 Å².